The van der Waals surface area contributed by atoms with Crippen molar-refractivity contribution in [3.05, 3.63) is 12.7 Å². The number of hydrogen-bond acceptors (Lipinski definition) is 5. The molecular weight excluding hydrogens is 200 g/mol. The van der Waals surface area contributed by atoms with Crippen molar-refractivity contribution in [2.45, 2.75) is 30.1 Å². The number of ether oxygens (including phenoxy) is 1. The molecule has 1 heterocycles. The Morgan fingerprint density at radius 1 is 1.79 bits per heavy atom. The second-order valence-corrected chi connectivity index (χ2v) is 5.46. The Kier molecular flexibility index (Phi) is 3.58. The van der Waals surface area contributed by atoms with Gasteiger partial charge in [-0.2, -0.15) is 0 Å². The van der Waals surface area contributed by atoms with Gasteiger partial charge in [0, 0.05) is 4.75 Å². The number of rotatable bonds is 3. The molecule has 1 aliphatic heterocycles. The van der Waals surface area contributed by atoms with Crippen LogP contribution in [0, 0.1) is 0 Å². The van der Waals surface area contributed by atoms with E-state index >= 15 is 0 Å². The van der Waals surface area contributed by atoms with E-state index in [4.69, 9.17) is 10.5 Å². The second-order valence-electron chi connectivity index (χ2n) is 3.66. The Morgan fingerprint density at radius 3 is 2.86 bits per heavy atom. The summed E-state index contributed by atoms with van der Waals surface area (Å²) < 4.78 is 4.75. The molecule has 2 atom stereocenters. The van der Waals surface area contributed by atoms with Crippen molar-refractivity contribution in [3.8, 4) is 0 Å². The summed E-state index contributed by atoms with van der Waals surface area (Å²) >= 11 is 1.53. The van der Waals surface area contributed by atoms with Gasteiger partial charge in [0.15, 0.2) is 0 Å². The smallest absolute Gasteiger partial charge is 0.324 e. The van der Waals surface area contributed by atoms with Crippen LogP contribution >= 0.6 is 11.8 Å². The van der Waals surface area contributed by atoms with E-state index in [0.717, 1.165) is 0 Å². The average Bonchev–Trinajstić information content (AvgIpc) is 2.35. The maximum absolute atomic E-state index is 11.6. The Morgan fingerprint density at radius 2 is 2.43 bits per heavy atom. The van der Waals surface area contributed by atoms with Gasteiger partial charge in [0.25, 0.3) is 0 Å². The van der Waals surface area contributed by atoms with E-state index < -0.39 is 0 Å². The van der Waals surface area contributed by atoms with Crippen LogP contribution in [0.4, 0.5) is 0 Å². The number of nitrogens with two attached hydrogens (primary N) is 1. The van der Waals surface area contributed by atoms with Crippen LogP contribution in [0.2, 0.25) is 0 Å². The fourth-order valence-electron chi connectivity index (χ4n) is 1.37. The highest BCUT2D eigenvalue weighted by Crippen LogP contribution is 2.36. The molecule has 1 aliphatic rings. The maximum atomic E-state index is 11.6. The number of esters is 1. The number of nitrogens with one attached hydrogen (secondary N) is 1. The van der Waals surface area contributed by atoms with E-state index in [-0.39, 0.29) is 28.9 Å². The molecular formula is C9H16N2O2S. The quantitative estimate of drug-likeness (QED) is 0.529. The summed E-state index contributed by atoms with van der Waals surface area (Å²) in [4.78, 5) is 11.6. The molecule has 0 aliphatic carbocycles. The number of thioether (sulfide) groups is 1. The van der Waals surface area contributed by atoms with Gasteiger partial charge in [-0.1, -0.05) is 12.7 Å². The first kappa shape index (κ1) is 11.6. The van der Waals surface area contributed by atoms with E-state index in [1.54, 1.807) is 6.08 Å². The molecule has 1 fully saturated rings. The van der Waals surface area contributed by atoms with Crippen LogP contribution in [0.25, 0.3) is 0 Å². The monoisotopic (exact) mass is 216 g/mol. The lowest BCUT2D eigenvalue weighted by molar-refractivity contribution is -0.145. The third kappa shape index (κ3) is 2.50. The lowest BCUT2D eigenvalue weighted by Gasteiger charge is -2.22. The molecule has 0 aromatic rings. The number of carbonyl (C=O) groups is 1. The summed E-state index contributed by atoms with van der Waals surface area (Å²) in [6.45, 7) is 7.67. The third-order valence-electron chi connectivity index (χ3n) is 2.04. The molecule has 0 radical (unpaired) electrons. The fourth-order valence-corrected chi connectivity index (χ4v) is 2.53. The maximum Gasteiger partial charge on any atom is 0.324 e. The number of carbonyl (C=O) groups excluding carboxylic acids is 1. The molecule has 1 saturated heterocycles. The first-order valence-corrected chi connectivity index (χ1v) is 5.32. The molecule has 0 saturated carbocycles. The molecule has 5 heteroatoms. The highest BCUT2D eigenvalue weighted by Gasteiger charge is 2.44. The van der Waals surface area contributed by atoms with Crippen LogP contribution in [0.3, 0.4) is 0 Å². The summed E-state index contributed by atoms with van der Waals surface area (Å²) in [5, 5.41) is 2.98. The van der Waals surface area contributed by atoms with Crippen molar-refractivity contribution in [1.29, 1.82) is 0 Å². The standard InChI is InChI=1S/C9H16N2O2S/c1-4-5-13-7(12)6-9(2,3)14-8(10)11-6/h4,6,8,11H,1,5,10H2,2-3H3/t6-,8?/m1/s1. The zero-order valence-corrected chi connectivity index (χ0v) is 9.26. The lowest BCUT2D eigenvalue weighted by Crippen LogP contribution is -2.47. The molecule has 1 unspecified atom stereocenters. The highest BCUT2D eigenvalue weighted by molar-refractivity contribution is 8.01. The predicted octanol–water partition coefficient (Wildman–Crippen LogP) is 0.441. The van der Waals surface area contributed by atoms with Crippen molar-refractivity contribution in [2.24, 2.45) is 5.73 Å². The first-order valence-electron chi connectivity index (χ1n) is 4.44. The van der Waals surface area contributed by atoms with Gasteiger partial charge in [-0.15, -0.1) is 11.8 Å². The summed E-state index contributed by atoms with van der Waals surface area (Å²) in [5.74, 6) is -0.268. The van der Waals surface area contributed by atoms with Gasteiger partial charge in [-0.05, 0) is 13.8 Å². The van der Waals surface area contributed by atoms with Gasteiger partial charge in [0.05, 0.1) is 0 Å². The molecule has 0 bridgehead atoms. The fraction of sp³-hybridized carbons (Fsp3) is 0.667. The van der Waals surface area contributed by atoms with Crippen LogP contribution in [-0.4, -0.2) is 28.9 Å². The zero-order valence-electron chi connectivity index (χ0n) is 8.45. The minimum absolute atomic E-state index is 0.203. The molecule has 0 aromatic carbocycles. The molecule has 80 valence electrons. The Balaban J connectivity index is 2.58. The van der Waals surface area contributed by atoms with Crippen LogP contribution in [-0.2, 0) is 9.53 Å². The first-order chi connectivity index (χ1) is 6.47. The van der Waals surface area contributed by atoms with Gasteiger partial charge in [0.2, 0.25) is 0 Å². The van der Waals surface area contributed by atoms with Crippen molar-refractivity contribution < 1.29 is 9.53 Å². The van der Waals surface area contributed by atoms with Crippen molar-refractivity contribution in [3.63, 3.8) is 0 Å². The Hall–Kier alpha value is -0.520. The van der Waals surface area contributed by atoms with Crippen molar-refractivity contribution >= 4 is 17.7 Å². The van der Waals surface area contributed by atoms with Crippen molar-refractivity contribution in [2.75, 3.05) is 6.61 Å². The summed E-state index contributed by atoms with van der Waals surface area (Å²) in [6, 6.07) is -0.345. The van der Waals surface area contributed by atoms with Crippen molar-refractivity contribution in [1.82, 2.24) is 5.32 Å². The van der Waals surface area contributed by atoms with Gasteiger partial charge < -0.3 is 10.5 Å². The topological polar surface area (TPSA) is 64.3 Å². The van der Waals surface area contributed by atoms with Crippen LogP contribution in [0.5, 0.6) is 0 Å². The van der Waals surface area contributed by atoms with E-state index in [2.05, 4.69) is 11.9 Å². The minimum atomic E-state index is -0.345. The Bertz CT molecular complexity index is 243. The molecule has 4 nitrogen and oxygen atoms in total. The minimum Gasteiger partial charge on any atom is -0.460 e. The Labute approximate surface area is 88.3 Å². The van der Waals surface area contributed by atoms with Crippen LogP contribution in [0.15, 0.2) is 12.7 Å². The lowest BCUT2D eigenvalue weighted by atomic mass is 10.0. The summed E-state index contributed by atoms with van der Waals surface area (Å²) in [6.07, 6.45) is 1.55. The molecule has 0 aromatic heterocycles. The summed E-state index contributed by atoms with van der Waals surface area (Å²) in [7, 11) is 0. The molecule has 3 N–H and O–H groups in total. The third-order valence-corrected chi connectivity index (χ3v) is 3.27. The largest absolute Gasteiger partial charge is 0.460 e. The zero-order chi connectivity index (χ0) is 10.8. The van der Waals surface area contributed by atoms with Crippen LogP contribution < -0.4 is 11.1 Å². The van der Waals surface area contributed by atoms with E-state index in [1.165, 1.54) is 11.8 Å². The molecule has 0 spiro atoms. The van der Waals surface area contributed by atoms with Gasteiger partial charge in [0.1, 0.15) is 18.1 Å². The van der Waals surface area contributed by atoms with Gasteiger partial charge >= 0.3 is 5.97 Å². The highest BCUT2D eigenvalue weighted by atomic mass is 32.2. The molecule has 1 rings (SSSR count). The second kappa shape index (κ2) is 4.33. The summed E-state index contributed by atoms with van der Waals surface area (Å²) in [5.41, 5.74) is 5.49. The molecule has 0 amide bonds. The van der Waals surface area contributed by atoms with Gasteiger partial charge in [-0.3, -0.25) is 10.1 Å². The van der Waals surface area contributed by atoms with Crippen LogP contribution in [0.1, 0.15) is 13.8 Å². The van der Waals surface area contributed by atoms with E-state index in [1.807, 2.05) is 13.8 Å². The average molecular weight is 216 g/mol. The normalized spacial score (nSPS) is 29.9. The van der Waals surface area contributed by atoms with E-state index in [9.17, 15) is 4.79 Å². The predicted molar refractivity (Wildman–Crippen MR) is 57.7 cm³/mol. The number of hydrogen-bond donors (Lipinski definition) is 2. The SMILES string of the molecule is C=CCOC(=O)[C@H]1NC(N)SC1(C)C. The van der Waals surface area contributed by atoms with E-state index in [0.29, 0.717) is 0 Å². The molecule has 14 heavy (non-hydrogen) atoms. The van der Waals surface area contributed by atoms with Gasteiger partial charge in [-0.25, -0.2) is 0 Å².